The number of para-hydroxylation sites is 1. The highest BCUT2D eigenvalue weighted by atomic mass is 32.1. The van der Waals surface area contributed by atoms with Gasteiger partial charge in [0, 0.05) is 29.4 Å². The molecule has 4 aromatic rings. The summed E-state index contributed by atoms with van der Waals surface area (Å²) in [6.07, 6.45) is 0. The Morgan fingerprint density at radius 2 is 1.85 bits per heavy atom. The molecule has 2 heterocycles. The number of benzene rings is 2. The second-order valence-corrected chi connectivity index (χ2v) is 7.68. The highest BCUT2D eigenvalue weighted by Gasteiger charge is 2.20. The lowest BCUT2D eigenvalue weighted by Crippen LogP contribution is -2.25. The van der Waals surface area contributed by atoms with Crippen molar-refractivity contribution in [2.75, 3.05) is 11.9 Å². The molecule has 0 unspecified atom stereocenters. The van der Waals surface area contributed by atoms with Crippen LogP contribution >= 0.6 is 11.3 Å². The third-order valence-corrected chi connectivity index (χ3v) is 6.02. The van der Waals surface area contributed by atoms with Crippen LogP contribution in [0.1, 0.15) is 22.2 Å². The molecule has 0 fully saturated rings. The van der Waals surface area contributed by atoms with E-state index in [1.807, 2.05) is 62.4 Å². The van der Waals surface area contributed by atoms with E-state index >= 15 is 0 Å². The molecule has 0 saturated carbocycles. The summed E-state index contributed by atoms with van der Waals surface area (Å²) in [6.45, 7) is 4.56. The Bertz CT molecular complexity index is 1240. The molecule has 27 heavy (non-hydrogen) atoms. The van der Waals surface area contributed by atoms with E-state index in [0.717, 1.165) is 26.9 Å². The van der Waals surface area contributed by atoms with Gasteiger partial charge < -0.3 is 9.47 Å². The highest BCUT2D eigenvalue weighted by molar-refractivity contribution is 7.21. The van der Waals surface area contributed by atoms with Gasteiger partial charge >= 0.3 is 0 Å². The van der Waals surface area contributed by atoms with Gasteiger partial charge in [0.1, 0.15) is 0 Å². The van der Waals surface area contributed by atoms with Gasteiger partial charge in [-0.25, -0.2) is 0 Å². The lowest BCUT2D eigenvalue weighted by molar-refractivity contribution is 0.0997. The number of fused-ring (bicyclic) bond motifs is 3. The van der Waals surface area contributed by atoms with Gasteiger partial charge in [-0.1, -0.05) is 30.3 Å². The minimum atomic E-state index is -0.103. The molecular weight excluding hydrogens is 356 g/mol. The summed E-state index contributed by atoms with van der Waals surface area (Å²) in [5.74, 6) is -0.103. The number of carbonyl (C=O) groups excluding carboxylic acids is 1. The fourth-order valence-corrected chi connectivity index (χ4v) is 4.60. The van der Waals surface area contributed by atoms with Crippen LogP contribution in [0, 0.1) is 6.92 Å². The molecule has 0 aliphatic heterocycles. The molecule has 0 radical (unpaired) electrons. The fourth-order valence-electron chi connectivity index (χ4n) is 3.44. The molecule has 2 aromatic heterocycles. The summed E-state index contributed by atoms with van der Waals surface area (Å²) in [6, 6.07) is 17.4. The summed E-state index contributed by atoms with van der Waals surface area (Å²) < 4.78 is 2.64. The molecule has 2 aromatic carbocycles. The lowest BCUT2D eigenvalue weighted by Gasteiger charge is -2.16. The lowest BCUT2D eigenvalue weighted by atomic mass is 10.1. The smallest absolute Gasteiger partial charge is 0.268 e. The maximum Gasteiger partial charge on any atom is 0.268 e. The van der Waals surface area contributed by atoms with Crippen LogP contribution in [0.25, 0.3) is 21.0 Å². The molecule has 1 amide bonds. The van der Waals surface area contributed by atoms with Gasteiger partial charge in [0.05, 0.1) is 15.8 Å². The van der Waals surface area contributed by atoms with Crippen LogP contribution < -0.4 is 10.5 Å². The Morgan fingerprint density at radius 3 is 2.59 bits per heavy atom. The van der Waals surface area contributed by atoms with E-state index < -0.39 is 0 Å². The van der Waals surface area contributed by atoms with E-state index in [1.54, 1.807) is 22.6 Å². The first-order valence-corrected chi connectivity index (χ1v) is 9.72. The standard InChI is InChI=1S/C22H20N2O2S/c1-4-24-18-11-6-5-10-16(18)20-17(21(24)25)13-19(27-20)22(26)23(3)15-9-7-8-14(2)12-15/h5-13H,4H2,1-3H3. The van der Waals surface area contributed by atoms with Crippen molar-refractivity contribution in [1.29, 1.82) is 0 Å². The van der Waals surface area contributed by atoms with Crippen LogP contribution in [0.5, 0.6) is 0 Å². The molecule has 0 spiro atoms. The van der Waals surface area contributed by atoms with E-state index in [4.69, 9.17) is 0 Å². The first-order valence-electron chi connectivity index (χ1n) is 8.91. The minimum Gasteiger partial charge on any atom is -0.311 e. The average molecular weight is 376 g/mol. The van der Waals surface area contributed by atoms with Gasteiger partial charge in [0.15, 0.2) is 0 Å². The molecule has 0 bridgehead atoms. The summed E-state index contributed by atoms with van der Waals surface area (Å²) >= 11 is 1.39. The minimum absolute atomic E-state index is 0.0419. The maximum absolute atomic E-state index is 13.1. The van der Waals surface area contributed by atoms with Crippen LogP contribution in [0.15, 0.2) is 59.4 Å². The van der Waals surface area contributed by atoms with Crippen molar-refractivity contribution in [1.82, 2.24) is 4.57 Å². The van der Waals surface area contributed by atoms with E-state index in [9.17, 15) is 9.59 Å². The molecule has 4 rings (SSSR count). The zero-order chi connectivity index (χ0) is 19.1. The number of rotatable bonds is 3. The molecule has 0 aliphatic carbocycles. The van der Waals surface area contributed by atoms with Gasteiger partial charge in [0.2, 0.25) is 0 Å². The average Bonchev–Trinajstić information content (AvgIpc) is 3.13. The van der Waals surface area contributed by atoms with Gasteiger partial charge in [-0.2, -0.15) is 0 Å². The Hall–Kier alpha value is -2.92. The first kappa shape index (κ1) is 17.5. The number of hydrogen-bond donors (Lipinski definition) is 0. The predicted octanol–water partition coefficient (Wildman–Crippen LogP) is 4.82. The van der Waals surface area contributed by atoms with Gasteiger partial charge in [-0.05, 0) is 43.7 Å². The van der Waals surface area contributed by atoms with E-state index in [1.165, 1.54) is 11.3 Å². The predicted molar refractivity (Wildman–Crippen MR) is 113 cm³/mol. The van der Waals surface area contributed by atoms with Crippen LogP contribution in [0.3, 0.4) is 0 Å². The maximum atomic E-state index is 13.1. The largest absolute Gasteiger partial charge is 0.311 e. The van der Waals surface area contributed by atoms with Crippen molar-refractivity contribution in [2.45, 2.75) is 20.4 Å². The van der Waals surface area contributed by atoms with Crippen molar-refractivity contribution < 1.29 is 4.79 Å². The Balaban J connectivity index is 1.89. The number of aryl methyl sites for hydroxylation is 2. The Kier molecular flexibility index (Phi) is 4.32. The quantitative estimate of drug-likeness (QED) is 0.514. The molecular formula is C22H20N2O2S. The van der Waals surface area contributed by atoms with E-state index in [-0.39, 0.29) is 11.5 Å². The normalized spacial score (nSPS) is 11.2. The van der Waals surface area contributed by atoms with E-state index in [2.05, 4.69) is 0 Å². The molecule has 136 valence electrons. The molecule has 0 N–H and O–H groups in total. The summed E-state index contributed by atoms with van der Waals surface area (Å²) in [5, 5.41) is 1.62. The number of carbonyl (C=O) groups is 1. The van der Waals surface area contributed by atoms with Gasteiger partial charge in [-0.3, -0.25) is 9.59 Å². The van der Waals surface area contributed by atoms with Crippen molar-refractivity contribution in [3.05, 3.63) is 75.4 Å². The second-order valence-electron chi connectivity index (χ2n) is 6.62. The zero-order valence-corrected chi connectivity index (χ0v) is 16.3. The number of thiophene rings is 1. The third kappa shape index (κ3) is 2.84. The first-order chi connectivity index (χ1) is 13.0. The number of aromatic nitrogens is 1. The van der Waals surface area contributed by atoms with Crippen molar-refractivity contribution >= 4 is 43.9 Å². The molecule has 0 saturated heterocycles. The number of pyridine rings is 1. The van der Waals surface area contributed by atoms with Crippen LogP contribution in [0.2, 0.25) is 0 Å². The number of nitrogens with zero attached hydrogens (tertiary/aromatic N) is 2. The highest BCUT2D eigenvalue weighted by Crippen LogP contribution is 2.31. The monoisotopic (exact) mass is 376 g/mol. The van der Waals surface area contributed by atoms with Crippen LogP contribution in [0.4, 0.5) is 5.69 Å². The van der Waals surface area contributed by atoms with Gasteiger partial charge in [0.25, 0.3) is 11.5 Å². The molecule has 4 nitrogen and oxygen atoms in total. The molecule has 0 aliphatic rings. The molecule has 0 atom stereocenters. The fraction of sp³-hybridized carbons (Fsp3) is 0.182. The molecule has 5 heteroatoms. The second kappa shape index (κ2) is 6.67. The number of hydrogen-bond acceptors (Lipinski definition) is 3. The van der Waals surface area contributed by atoms with Crippen molar-refractivity contribution in [2.24, 2.45) is 0 Å². The van der Waals surface area contributed by atoms with E-state index in [0.29, 0.717) is 16.8 Å². The topological polar surface area (TPSA) is 42.3 Å². The van der Waals surface area contributed by atoms with Crippen molar-refractivity contribution in [3.63, 3.8) is 0 Å². The zero-order valence-electron chi connectivity index (χ0n) is 15.5. The third-order valence-electron chi connectivity index (χ3n) is 4.87. The number of anilines is 1. The summed E-state index contributed by atoms with van der Waals surface area (Å²) in [5.41, 5.74) is 2.80. The van der Waals surface area contributed by atoms with Gasteiger partial charge in [-0.15, -0.1) is 11.3 Å². The van der Waals surface area contributed by atoms with Crippen LogP contribution in [-0.4, -0.2) is 17.5 Å². The Morgan fingerprint density at radius 1 is 1.07 bits per heavy atom. The summed E-state index contributed by atoms with van der Waals surface area (Å²) in [4.78, 5) is 28.2. The van der Waals surface area contributed by atoms with Crippen LogP contribution in [-0.2, 0) is 6.54 Å². The number of amides is 1. The summed E-state index contributed by atoms with van der Waals surface area (Å²) in [7, 11) is 1.77. The Labute approximate surface area is 161 Å². The SMILES string of the molecule is CCn1c(=O)c2cc(C(=O)N(C)c3cccc(C)c3)sc2c2ccccc21. The van der Waals surface area contributed by atoms with Crippen molar-refractivity contribution in [3.8, 4) is 0 Å².